The van der Waals surface area contributed by atoms with E-state index in [1.165, 1.54) is 11.1 Å². The van der Waals surface area contributed by atoms with Crippen LogP contribution in [0.3, 0.4) is 0 Å². The van der Waals surface area contributed by atoms with Crippen LogP contribution in [-0.4, -0.2) is 11.6 Å². The summed E-state index contributed by atoms with van der Waals surface area (Å²) in [6.07, 6.45) is 4.55. The Hall–Kier alpha value is -1.83. The zero-order valence-electron chi connectivity index (χ0n) is 11.9. The molecule has 1 heterocycles. The first-order valence-electron chi connectivity index (χ1n) is 6.68. The van der Waals surface area contributed by atoms with Gasteiger partial charge in [0.1, 0.15) is 5.75 Å². The summed E-state index contributed by atoms with van der Waals surface area (Å²) in [5.41, 5.74) is 2.72. The van der Waals surface area contributed by atoms with Crippen LogP contribution in [0, 0.1) is 0 Å². The van der Waals surface area contributed by atoms with Crippen LogP contribution in [0.2, 0.25) is 0 Å². The fraction of sp³-hybridized carbons (Fsp3) is 0.353. The molecule has 0 saturated carbocycles. The lowest BCUT2D eigenvalue weighted by Gasteiger charge is -2.19. The van der Waals surface area contributed by atoms with Crippen LogP contribution in [-0.2, 0) is 11.8 Å². The van der Waals surface area contributed by atoms with Gasteiger partial charge in [0.25, 0.3) is 0 Å². The Morgan fingerprint density at radius 3 is 2.37 bits per heavy atom. The van der Waals surface area contributed by atoms with Gasteiger partial charge in [0, 0.05) is 18.8 Å². The van der Waals surface area contributed by atoms with Crippen molar-refractivity contribution in [1.29, 1.82) is 0 Å². The van der Waals surface area contributed by atoms with Gasteiger partial charge in [-0.3, -0.25) is 4.98 Å². The Balaban J connectivity index is 1.87. The summed E-state index contributed by atoms with van der Waals surface area (Å²) >= 11 is 0. The van der Waals surface area contributed by atoms with E-state index in [1.54, 1.807) is 6.20 Å². The molecule has 100 valence electrons. The topological polar surface area (TPSA) is 22.1 Å². The highest BCUT2D eigenvalue weighted by molar-refractivity contribution is 5.31. The standard InChI is InChI=1S/C17H21NO/c1-17(2,3)15-6-8-16(9-7-15)19-12-10-14-5-4-11-18-13-14/h4-9,11,13H,10,12H2,1-3H3. The van der Waals surface area contributed by atoms with Crippen LogP contribution in [0.4, 0.5) is 0 Å². The van der Waals surface area contributed by atoms with Crippen LogP contribution < -0.4 is 4.74 Å². The third kappa shape index (κ3) is 4.09. The summed E-state index contributed by atoms with van der Waals surface area (Å²) in [5.74, 6) is 0.928. The molecule has 0 aliphatic carbocycles. The normalized spacial score (nSPS) is 11.3. The summed E-state index contributed by atoms with van der Waals surface area (Å²) < 4.78 is 5.75. The third-order valence-electron chi connectivity index (χ3n) is 3.10. The van der Waals surface area contributed by atoms with Crippen molar-refractivity contribution in [1.82, 2.24) is 4.98 Å². The number of benzene rings is 1. The van der Waals surface area contributed by atoms with E-state index in [4.69, 9.17) is 4.74 Å². The molecule has 0 aliphatic rings. The van der Waals surface area contributed by atoms with Crippen molar-refractivity contribution >= 4 is 0 Å². The minimum Gasteiger partial charge on any atom is -0.493 e. The minimum absolute atomic E-state index is 0.189. The van der Waals surface area contributed by atoms with Crippen LogP contribution in [0.1, 0.15) is 31.9 Å². The maximum absolute atomic E-state index is 5.75. The van der Waals surface area contributed by atoms with Gasteiger partial charge in [0.15, 0.2) is 0 Å². The average molecular weight is 255 g/mol. The molecule has 19 heavy (non-hydrogen) atoms. The molecule has 0 radical (unpaired) electrons. The molecule has 0 unspecified atom stereocenters. The zero-order chi connectivity index (χ0) is 13.7. The molecule has 0 amide bonds. The van der Waals surface area contributed by atoms with E-state index in [2.05, 4.69) is 44.0 Å². The maximum atomic E-state index is 5.75. The Bertz CT molecular complexity index is 497. The second-order valence-corrected chi connectivity index (χ2v) is 5.73. The highest BCUT2D eigenvalue weighted by Crippen LogP contribution is 2.24. The molecular formula is C17H21NO. The first-order chi connectivity index (χ1) is 9.05. The smallest absolute Gasteiger partial charge is 0.119 e. The molecule has 0 bridgehead atoms. The fourth-order valence-electron chi connectivity index (χ4n) is 1.88. The second-order valence-electron chi connectivity index (χ2n) is 5.73. The van der Waals surface area contributed by atoms with Gasteiger partial charge in [-0.25, -0.2) is 0 Å². The van der Waals surface area contributed by atoms with E-state index in [0.29, 0.717) is 6.61 Å². The van der Waals surface area contributed by atoms with Gasteiger partial charge in [-0.1, -0.05) is 39.0 Å². The lowest BCUT2D eigenvalue weighted by atomic mass is 9.87. The van der Waals surface area contributed by atoms with Gasteiger partial charge in [-0.15, -0.1) is 0 Å². The molecule has 0 saturated heterocycles. The maximum Gasteiger partial charge on any atom is 0.119 e. The molecular weight excluding hydrogens is 234 g/mol. The molecule has 0 N–H and O–H groups in total. The van der Waals surface area contributed by atoms with Crippen LogP contribution in [0.5, 0.6) is 5.75 Å². The molecule has 1 aromatic heterocycles. The number of hydrogen-bond donors (Lipinski definition) is 0. The first kappa shape index (κ1) is 13.6. The number of aromatic nitrogens is 1. The van der Waals surface area contributed by atoms with Gasteiger partial charge in [0.2, 0.25) is 0 Å². The van der Waals surface area contributed by atoms with Crippen LogP contribution in [0.25, 0.3) is 0 Å². The molecule has 2 nitrogen and oxygen atoms in total. The first-order valence-corrected chi connectivity index (χ1v) is 6.68. The van der Waals surface area contributed by atoms with E-state index in [9.17, 15) is 0 Å². The van der Waals surface area contributed by atoms with E-state index >= 15 is 0 Å². The van der Waals surface area contributed by atoms with E-state index in [0.717, 1.165) is 12.2 Å². The molecule has 0 atom stereocenters. The molecule has 0 fully saturated rings. The quantitative estimate of drug-likeness (QED) is 0.823. The van der Waals surface area contributed by atoms with Gasteiger partial charge in [0.05, 0.1) is 6.61 Å². The van der Waals surface area contributed by atoms with Gasteiger partial charge < -0.3 is 4.74 Å². The summed E-state index contributed by atoms with van der Waals surface area (Å²) in [6.45, 7) is 7.32. The lowest BCUT2D eigenvalue weighted by molar-refractivity contribution is 0.321. The van der Waals surface area contributed by atoms with Gasteiger partial charge in [-0.05, 0) is 34.7 Å². The van der Waals surface area contributed by atoms with Gasteiger partial charge >= 0.3 is 0 Å². The third-order valence-corrected chi connectivity index (χ3v) is 3.10. The Labute approximate surface area is 115 Å². The predicted molar refractivity (Wildman–Crippen MR) is 78.6 cm³/mol. The van der Waals surface area contributed by atoms with Crippen molar-refractivity contribution in [3.63, 3.8) is 0 Å². The molecule has 1 aromatic carbocycles. The zero-order valence-corrected chi connectivity index (χ0v) is 11.9. The Morgan fingerprint density at radius 1 is 1.05 bits per heavy atom. The number of nitrogens with zero attached hydrogens (tertiary/aromatic N) is 1. The van der Waals surface area contributed by atoms with Gasteiger partial charge in [-0.2, -0.15) is 0 Å². The number of ether oxygens (including phenoxy) is 1. The van der Waals surface area contributed by atoms with Crippen LogP contribution >= 0.6 is 0 Å². The summed E-state index contributed by atoms with van der Waals surface area (Å²) in [6, 6.07) is 12.4. The molecule has 0 spiro atoms. The van der Waals surface area contributed by atoms with E-state index < -0.39 is 0 Å². The average Bonchev–Trinajstić information content (AvgIpc) is 2.39. The molecule has 0 aliphatic heterocycles. The van der Waals surface area contributed by atoms with E-state index in [-0.39, 0.29) is 5.41 Å². The number of hydrogen-bond acceptors (Lipinski definition) is 2. The number of pyridine rings is 1. The molecule has 2 heteroatoms. The Kier molecular flexibility index (Phi) is 4.20. The summed E-state index contributed by atoms with van der Waals surface area (Å²) in [5, 5.41) is 0. The van der Waals surface area contributed by atoms with E-state index in [1.807, 2.05) is 24.4 Å². The second kappa shape index (κ2) is 5.87. The summed E-state index contributed by atoms with van der Waals surface area (Å²) in [7, 11) is 0. The van der Waals surface area contributed by atoms with Crippen molar-refractivity contribution < 1.29 is 4.74 Å². The minimum atomic E-state index is 0.189. The van der Waals surface area contributed by atoms with Crippen molar-refractivity contribution in [3.8, 4) is 5.75 Å². The fourth-order valence-corrected chi connectivity index (χ4v) is 1.88. The summed E-state index contributed by atoms with van der Waals surface area (Å²) in [4.78, 5) is 4.09. The highest BCUT2D eigenvalue weighted by atomic mass is 16.5. The SMILES string of the molecule is CC(C)(C)c1ccc(OCCc2cccnc2)cc1. The molecule has 2 aromatic rings. The van der Waals surface area contributed by atoms with Crippen LogP contribution in [0.15, 0.2) is 48.8 Å². The molecule has 2 rings (SSSR count). The number of rotatable bonds is 4. The predicted octanol–water partition coefficient (Wildman–Crippen LogP) is 4.00. The monoisotopic (exact) mass is 255 g/mol. The van der Waals surface area contributed by atoms with Crippen molar-refractivity contribution in [3.05, 3.63) is 59.9 Å². The lowest BCUT2D eigenvalue weighted by Crippen LogP contribution is -2.10. The van der Waals surface area contributed by atoms with Crippen molar-refractivity contribution in [2.75, 3.05) is 6.61 Å². The largest absolute Gasteiger partial charge is 0.493 e. The Morgan fingerprint density at radius 2 is 1.79 bits per heavy atom. The van der Waals surface area contributed by atoms with Crippen molar-refractivity contribution in [2.45, 2.75) is 32.6 Å². The van der Waals surface area contributed by atoms with Crippen molar-refractivity contribution in [2.24, 2.45) is 0 Å². The highest BCUT2D eigenvalue weighted by Gasteiger charge is 2.12.